The third kappa shape index (κ3) is 5.78. The number of hydrogen-bond donors (Lipinski definition) is 1. The number of allylic oxidation sites excluding steroid dienone is 1. The highest BCUT2D eigenvalue weighted by molar-refractivity contribution is 5.57. The molecule has 1 unspecified atom stereocenters. The Hall–Kier alpha value is -2.89. The van der Waals surface area contributed by atoms with E-state index in [-0.39, 0.29) is 30.6 Å². The summed E-state index contributed by atoms with van der Waals surface area (Å²) in [5, 5.41) is 3.93. The standard InChI is InChI=1S/C22H29F5N6O/c1-4-5-6-7-19(30(3)15-29-28-2)33-13-18-17(22(25,26)27)10-16(12-32(18)20(33)34)11-31-9-8-21(23,24)14-31/h5-6,10,12-13,15,19,28H,4,7-9,11,14H2,1-3H3/b6-5-,29-15-. The Labute approximate surface area is 194 Å². The fraction of sp³-hybridized carbons (Fsp3) is 0.545. The van der Waals surface area contributed by atoms with Crippen LogP contribution in [0.25, 0.3) is 5.52 Å². The Kier molecular flexibility index (Phi) is 7.69. The number of imidazole rings is 1. The van der Waals surface area contributed by atoms with Crippen LogP contribution in [-0.2, 0) is 12.7 Å². The van der Waals surface area contributed by atoms with Gasteiger partial charge in [0.15, 0.2) is 0 Å². The highest BCUT2D eigenvalue weighted by Gasteiger charge is 2.39. The lowest BCUT2D eigenvalue weighted by atomic mass is 10.1. The monoisotopic (exact) mass is 488 g/mol. The van der Waals surface area contributed by atoms with Crippen molar-refractivity contribution in [1.29, 1.82) is 0 Å². The number of hydrazone groups is 1. The molecule has 2 aromatic rings. The first-order chi connectivity index (χ1) is 16.0. The van der Waals surface area contributed by atoms with E-state index in [1.54, 1.807) is 19.0 Å². The van der Waals surface area contributed by atoms with Gasteiger partial charge in [0.2, 0.25) is 0 Å². The van der Waals surface area contributed by atoms with Gasteiger partial charge >= 0.3 is 11.9 Å². The van der Waals surface area contributed by atoms with Crippen LogP contribution in [0, 0.1) is 0 Å². The molecule has 7 nitrogen and oxygen atoms in total. The number of nitrogens with one attached hydrogen (secondary N) is 1. The number of alkyl halides is 5. The predicted molar refractivity (Wildman–Crippen MR) is 120 cm³/mol. The maximum atomic E-state index is 13.9. The van der Waals surface area contributed by atoms with E-state index in [1.807, 2.05) is 19.1 Å². The molecule has 0 saturated carbocycles. The van der Waals surface area contributed by atoms with Crippen LogP contribution >= 0.6 is 0 Å². The largest absolute Gasteiger partial charge is 0.418 e. The highest BCUT2D eigenvalue weighted by atomic mass is 19.4. The summed E-state index contributed by atoms with van der Waals surface area (Å²) in [4.78, 5) is 16.3. The summed E-state index contributed by atoms with van der Waals surface area (Å²) in [6.45, 7) is 1.39. The summed E-state index contributed by atoms with van der Waals surface area (Å²) >= 11 is 0. The summed E-state index contributed by atoms with van der Waals surface area (Å²) < 4.78 is 71.1. The number of fused-ring (bicyclic) bond motifs is 1. The number of likely N-dealkylation sites (tertiary alicyclic amines) is 1. The van der Waals surface area contributed by atoms with E-state index in [9.17, 15) is 26.7 Å². The smallest absolute Gasteiger partial charge is 0.343 e. The van der Waals surface area contributed by atoms with Crippen LogP contribution in [0.1, 0.15) is 43.5 Å². The summed E-state index contributed by atoms with van der Waals surface area (Å²) in [5.41, 5.74) is 0.805. The minimum atomic E-state index is -4.73. The number of rotatable bonds is 9. The Morgan fingerprint density at radius 1 is 1.29 bits per heavy atom. The molecule has 1 fully saturated rings. The van der Waals surface area contributed by atoms with Gasteiger partial charge in [-0.05, 0) is 18.1 Å². The Bertz CT molecular complexity index is 1100. The molecule has 1 aliphatic heterocycles. The molecular formula is C22H29F5N6O. The lowest BCUT2D eigenvalue weighted by molar-refractivity contribution is -0.136. The van der Waals surface area contributed by atoms with Crippen molar-refractivity contribution >= 4 is 11.9 Å². The van der Waals surface area contributed by atoms with E-state index in [4.69, 9.17) is 0 Å². The minimum absolute atomic E-state index is 0.0731. The van der Waals surface area contributed by atoms with Gasteiger partial charge < -0.3 is 10.3 Å². The van der Waals surface area contributed by atoms with Crippen LogP contribution in [0.3, 0.4) is 0 Å². The van der Waals surface area contributed by atoms with Crippen LogP contribution in [0.4, 0.5) is 22.0 Å². The zero-order valence-electron chi connectivity index (χ0n) is 19.3. The van der Waals surface area contributed by atoms with Gasteiger partial charge in [0.25, 0.3) is 5.92 Å². The summed E-state index contributed by atoms with van der Waals surface area (Å²) in [6.07, 6.45) is 3.12. The fourth-order valence-corrected chi connectivity index (χ4v) is 4.08. The van der Waals surface area contributed by atoms with Crippen molar-refractivity contribution in [2.75, 3.05) is 27.2 Å². The van der Waals surface area contributed by atoms with Crippen molar-refractivity contribution in [3.8, 4) is 0 Å². The molecule has 2 aromatic heterocycles. The average Bonchev–Trinajstić information content (AvgIpc) is 3.27. The van der Waals surface area contributed by atoms with Gasteiger partial charge in [-0.2, -0.15) is 18.3 Å². The number of pyridine rings is 1. The molecule has 1 saturated heterocycles. The SMILES string of the molecule is CC/C=C\CC(N(C)/C=N\NC)n1cc2c(C(F)(F)F)cc(CN3CCC(F)(F)C3)cn2c1=O. The van der Waals surface area contributed by atoms with Crippen LogP contribution in [0.2, 0.25) is 0 Å². The average molecular weight is 489 g/mol. The Morgan fingerprint density at radius 2 is 2.03 bits per heavy atom. The lowest BCUT2D eigenvalue weighted by Crippen LogP contribution is -2.34. The van der Waals surface area contributed by atoms with E-state index < -0.39 is 36.1 Å². The number of halogens is 5. The van der Waals surface area contributed by atoms with Gasteiger partial charge in [-0.15, -0.1) is 0 Å². The molecule has 1 atom stereocenters. The van der Waals surface area contributed by atoms with E-state index in [1.165, 1.54) is 28.2 Å². The molecule has 3 rings (SSSR count). The van der Waals surface area contributed by atoms with Gasteiger partial charge in [0.1, 0.15) is 12.5 Å². The van der Waals surface area contributed by atoms with Crippen molar-refractivity contribution in [2.24, 2.45) is 5.10 Å². The molecule has 0 aliphatic carbocycles. The third-order valence-electron chi connectivity index (χ3n) is 5.72. The molecular weight excluding hydrogens is 459 g/mol. The number of aromatic nitrogens is 2. The zero-order chi connectivity index (χ0) is 25.1. The zero-order valence-corrected chi connectivity index (χ0v) is 19.3. The van der Waals surface area contributed by atoms with Crippen molar-refractivity contribution in [3.63, 3.8) is 0 Å². The van der Waals surface area contributed by atoms with Gasteiger partial charge in [0, 0.05) is 52.4 Å². The van der Waals surface area contributed by atoms with Crippen LogP contribution in [0.5, 0.6) is 0 Å². The second kappa shape index (κ2) is 10.2. The molecule has 12 heteroatoms. The third-order valence-corrected chi connectivity index (χ3v) is 5.72. The van der Waals surface area contributed by atoms with E-state index in [2.05, 4.69) is 10.5 Å². The van der Waals surface area contributed by atoms with Crippen LogP contribution in [-0.4, -0.2) is 58.2 Å². The first-order valence-corrected chi connectivity index (χ1v) is 11.0. The van der Waals surface area contributed by atoms with Crippen LogP contribution < -0.4 is 11.1 Å². The van der Waals surface area contributed by atoms with Crippen molar-refractivity contribution in [3.05, 3.63) is 52.2 Å². The molecule has 0 amide bonds. The van der Waals surface area contributed by atoms with Gasteiger partial charge in [-0.3, -0.25) is 13.9 Å². The molecule has 34 heavy (non-hydrogen) atoms. The first-order valence-electron chi connectivity index (χ1n) is 11.0. The first kappa shape index (κ1) is 25.7. The van der Waals surface area contributed by atoms with Crippen molar-refractivity contribution < 1.29 is 22.0 Å². The second-order valence-electron chi connectivity index (χ2n) is 8.38. The molecule has 1 N–H and O–H groups in total. The summed E-state index contributed by atoms with van der Waals surface area (Å²) in [6, 6.07) is 0.938. The van der Waals surface area contributed by atoms with Crippen molar-refractivity contribution in [1.82, 2.24) is 24.2 Å². The molecule has 1 aliphatic rings. The van der Waals surface area contributed by atoms with E-state index in [0.29, 0.717) is 6.42 Å². The summed E-state index contributed by atoms with van der Waals surface area (Å²) in [5.74, 6) is -2.87. The topological polar surface area (TPSA) is 57.3 Å². The van der Waals surface area contributed by atoms with E-state index in [0.717, 1.165) is 16.9 Å². The van der Waals surface area contributed by atoms with Gasteiger partial charge in [-0.1, -0.05) is 19.1 Å². The predicted octanol–water partition coefficient (Wildman–Crippen LogP) is 3.91. The maximum absolute atomic E-state index is 13.9. The van der Waals surface area contributed by atoms with Gasteiger partial charge in [-0.25, -0.2) is 13.6 Å². The lowest BCUT2D eigenvalue weighted by Gasteiger charge is -2.25. The molecule has 0 spiro atoms. The molecule has 0 radical (unpaired) electrons. The molecule has 0 aromatic carbocycles. The second-order valence-corrected chi connectivity index (χ2v) is 8.38. The Balaban J connectivity index is 2.09. The summed E-state index contributed by atoms with van der Waals surface area (Å²) in [7, 11) is 3.27. The highest BCUT2D eigenvalue weighted by Crippen LogP contribution is 2.34. The number of nitrogens with zero attached hydrogens (tertiary/aromatic N) is 5. The fourth-order valence-electron chi connectivity index (χ4n) is 4.08. The minimum Gasteiger partial charge on any atom is -0.343 e. The Morgan fingerprint density at radius 3 is 2.62 bits per heavy atom. The van der Waals surface area contributed by atoms with Crippen LogP contribution in [0.15, 0.2) is 40.5 Å². The molecule has 3 heterocycles. The van der Waals surface area contributed by atoms with Crippen molar-refractivity contribution in [2.45, 2.75) is 51.0 Å². The van der Waals surface area contributed by atoms with Gasteiger partial charge in [0.05, 0.1) is 17.6 Å². The molecule has 0 bridgehead atoms. The maximum Gasteiger partial charge on any atom is 0.418 e. The number of hydrogen-bond acceptors (Lipinski definition) is 4. The quantitative estimate of drug-likeness (QED) is 0.191. The molecule has 188 valence electrons. The normalized spacial score (nSPS) is 17.9. The van der Waals surface area contributed by atoms with E-state index >= 15 is 0 Å².